The first-order valence-electron chi connectivity index (χ1n) is 8.36. The Morgan fingerprint density at radius 3 is 1.35 bits per heavy atom. The van der Waals surface area contributed by atoms with E-state index in [1.807, 2.05) is 0 Å². The van der Waals surface area contributed by atoms with Gasteiger partial charge < -0.3 is 14.6 Å². The maximum atomic E-state index is 12.3. The SMILES string of the molecule is O=C(O)c1c(-c2ccc(OC(F)(F)F)cc2)cncc1-c1ccc(OC(F)(F)F)cc1. The molecule has 11 heteroatoms. The lowest BCUT2D eigenvalue weighted by Gasteiger charge is -2.13. The van der Waals surface area contributed by atoms with E-state index in [1.165, 1.54) is 36.7 Å². The monoisotopic (exact) mass is 443 g/mol. The molecule has 0 saturated heterocycles. The number of aromatic nitrogens is 1. The lowest BCUT2D eigenvalue weighted by atomic mass is 9.94. The Morgan fingerprint density at radius 2 is 1.06 bits per heavy atom. The van der Waals surface area contributed by atoms with Crippen LogP contribution >= 0.6 is 0 Å². The molecule has 31 heavy (non-hydrogen) atoms. The molecule has 1 heterocycles. The number of carboxylic acid groups (broad SMARTS) is 1. The molecule has 0 unspecified atom stereocenters. The Bertz CT molecular complexity index is 999. The van der Waals surface area contributed by atoms with E-state index < -0.39 is 30.2 Å². The molecule has 0 atom stereocenters. The number of alkyl halides is 6. The molecule has 3 aromatic rings. The minimum atomic E-state index is -4.88. The quantitative estimate of drug-likeness (QED) is 0.497. The first kappa shape index (κ1) is 21.9. The largest absolute Gasteiger partial charge is 0.573 e. The van der Waals surface area contributed by atoms with Crippen LogP contribution in [0.15, 0.2) is 60.9 Å². The Balaban J connectivity index is 2.00. The van der Waals surface area contributed by atoms with Crippen LogP contribution in [0.2, 0.25) is 0 Å². The highest BCUT2D eigenvalue weighted by Crippen LogP contribution is 2.34. The molecule has 1 aromatic heterocycles. The van der Waals surface area contributed by atoms with Gasteiger partial charge in [0.05, 0.1) is 5.56 Å². The van der Waals surface area contributed by atoms with Crippen molar-refractivity contribution >= 4 is 5.97 Å². The Hall–Kier alpha value is -3.76. The number of hydrogen-bond acceptors (Lipinski definition) is 4. The predicted octanol–water partition coefficient (Wildman–Crippen LogP) is 5.91. The smallest absolute Gasteiger partial charge is 0.478 e. The number of aromatic carboxylic acids is 1. The Kier molecular flexibility index (Phi) is 5.78. The summed E-state index contributed by atoms with van der Waals surface area (Å²) in [4.78, 5) is 15.9. The average molecular weight is 443 g/mol. The van der Waals surface area contributed by atoms with Gasteiger partial charge in [-0.05, 0) is 35.4 Å². The summed E-state index contributed by atoms with van der Waals surface area (Å²) in [6.45, 7) is 0. The lowest BCUT2D eigenvalue weighted by molar-refractivity contribution is -0.275. The van der Waals surface area contributed by atoms with Crippen molar-refractivity contribution in [1.82, 2.24) is 4.98 Å². The number of nitrogens with zero attached hydrogens (tertiary/aromatic N) is 1. The van der Waals surface area contributed by atoms with Crippen molar-refractivity contribution in [1.29, 1.82) is 0 Å². The molecule has 1 N–H and O–H groups in total. The highest BCUT2D eigenvalue weighted by Gasteiger charge is 2.32. The Labute approximate surface area is 170 Å². The maximum absolute atomic E-state index is 12.3. The van der Waals surface area contributed by atoms with Crippen LogP contribution < -0.4 is 9.47 Å². The second-order valence-corrected chi connectivity index (χ2v) is 6.06. The molecule has 2 aromatic carbocycles. The number of carbonyl (C=O) groups is 1. The van der Waals surface area contributed by atoms with E-state index in [9.17, 15) is 36.2 Å². The summed E-state index contributed by atoms with van der Waals surface area (Å²) in [5.41, 5.74) is 0.457. The van der Waals surface area contributed by atoms with Gasteiger partial charge in [-0.25, -0.2) is 4.79 Å². The molecule has 162 valence electrons. The van der Waals surface area contributed by atoms with Crippen molar-refractivity contribution in [3.63, 3.8) is 0 Å². The van der Waals surface area contributed by atoms with Crippen molar-refractivity contribution in [2.75, 3.05) is 0 Å². The van der Waals surface area contributed by atoms with Crippen LogP contribution in [0.3, 0.4) is 0 Å². The zero-order chi connectivity index (χ0) is 22.8. The minimum absolute atomic E-state index is 0.0965. The number of ether oxygens (including phenoxy) is 2. The van der Waals surface area contributed by atoms with Crippen LogP contribution in [0, 0.1) is 0 Å². The zero-order valence-electron chi connectivity index (χ0n) is 15.2. The normalized spacial score (nSPS) is 11.8. The van der Waals surface area contributed by atoms with Gasteiger partial charge in [0.15, 0.2) is 0 Å². The number of benzene rings is 2. The van der Waals surface area contributed by atoms with Crippen molar-refractivity contribution in [2.45, 2.75) is 12.7 Å². The van der Waals surface area contributed by atoms with Gasteiger partial charge >= 0.3 is 18.7 Å². The average Bonchev–Trinajstić information content (AvgIpc) is 2.66. The summed E-state index contributed by atoms with van der Waals surface area (Å²) < 4.78 is 81.5. The maximum Gasteiger partial charge on any atom is 0.573 e. The molecule has 0 aliphatic heterocycles. The van der Waals surface area contributed by atoms with Crippen LogP contribution in [0.5, 0.6) is 11.5 Å². The van der Waals surface area contributed by atoms with Gasteiger partial charge in [0, 0.05) is 23.5 Å². The van der Waals surface area contributed by atoms with Crippen LogP contribution in [0.4, 0.5) is 26.3 Å². The van der Waals surface area contributed by atoms with Crippen molar-refractivity contribution in [3.05, 3.63) is 66.5 Å². The number of carboxylic acids is 1. The van der Waals surface area contributed by atoms with E-state index in [2.05, 4.69) is 14.5 Å². The topological polar surface area (TPSA) is 68.7 Å². The van der Waals surface area contributed by atoms with E-state index in [-0.39, 0.29) is 27.8 Å². The van der Waals surface area contributed by atoms with E-state index in [1.54, 1.807) is 0 Å². The van der Waals surface area contributed by atoms with Crippen LogP contribution in [-0.4, -0.2) is 28.8 Å². The molecule has 0 radical (unpaired) electrons. The van der Waals surface area contributed by atoms with Crippen LogP contribution in [-0.2, 0) is 0 Å². The molecular weight excluding hydrogens is 432 g/mol. The lowest BCUT2D eigenvalue weighted by Crippen LogP contribution is -2.17. The van der Waals surface area contributed by atoms with Gasteiger partial charge in [-0.15, -0.1) is 26.3 Å². The van der Waals surface area contributed by atoms with Crippen LogP contribution in [0.25, 0.3) is 22.3 Å². The van der Waals surface area contributed by atoms with Crippen LogP contribution in [0.1, 0.15) is 10.4 Å². The first-order valence-corrected chi connectivity index (χ1v) is 8.36. The second-order valence-electron chi connectivity index (χ2n) is 6.06. The van der Waals surface area contributed by atoms with Gasteiger partial charge in [0.2, 0.25) is 0 Å². The van der Waals surface area contributed by atoms with Crippen molar-refractivity contribution in [3.8, 4) is 33.8 Å². The zero-order valence-corrected chi connectivity index (χ0v) is 15.2. The summed E-state index contributed by atoms with van der Waals surface area (Å²) in [5, 5.41) is 9.71. The summed E-state index contributed by atoms with van der Waals surface area (Å²) >= 11 is 0. The first-order chi connectivity index (χ1) is 14.4. The third kappa shape index (κ3) is 5.65. The predicted molar refractivity (Wildman–Crippen MR) is 95.4 cm³/mol. The fraction of sp³-hybridized carbons (Fsp3) is 0.100. The molecule has 0 aliphatic carbocycles. The second kappa shape index (κ2) is 8.17. The summed E-state index contributed by atoms with van der Waals surface area (Å²) in [7, 11) is 0. The van der Waals surface area contributed by atoms with E-state index >= 15 is 0 Å². The third-order valence-corrected chi connectivity index (χ3v) is 3.96. The fourth-order valence-corrected chi connectivity index (χ4v) is 2.80. The van der Waals surface area contributed by atoms with Crippen molar-refractivity contribution in [2.24, 2.45) is 0 Å². The van der Waals surface area contributed by atoms with E-state index in [0.717, 1.165) is 24.3 Å². The highest BCUT2D eigenvalue weighted by molar-refractivity contribution is 6.02. The summed E-state index contributed by atoms with van der Waals surface area (Å²) in [5.74, 6) is -2.34. The molecular formula is C20H11F6NO4. The molecule has 3 rings (SSSR count). The Morgan fingerprint density at radius 1 is 0.710 bits per heavy atom. The van der Waals surface area contributed by atoms with Gasteiger partial charge in [-0.1, -0.05) is 24.3 Å². The molecule has 0 aliphatic rings. The van der Waals surface area contributed by atoms with E-state index in [4.69, 9.17) is 0 Å². The van der Waals surface area contributed by atoms with Crippen molar-refractivity contribution < 1.29 is 45.7 Å². The molecule has 0 saturated carbocycles. The number of pyridine rings is 1. The molecule has 5 nitrogen and oxygen atoms in total. The minimum Gasteiger partial charge on any atom is -0.478 e. The fourth-order valence-electron chi connectivity index (χ4n) is 2.80. The molecule has 0 fully saturated rings. The molecule has 0 amide bonds. The molecule has 0 bridgehead atoms. The van der Waals surface area contributed by atoms with Gasteiger partial charge in [0.1, 0.15) is 11.5 Å². The number of hydrogen-bond donors (Lipinski definition) is 1. The van der Waals surface area contributed by atoms with Gasteiger partial charge in [-0.2, -0.15) is 0 Å². The molecule has 0 spiro atoms. The number of rotatable bonds is 5. The van der Waals surface area contributed by atoms with Gasteiger partial charge in [-0.3, -0.25) is 4.98 Å². The van der Waals surface area contributed by atoms with Gasteiger partial charge in [0.25, 0.3) is 0 Å². The summed E-state index contributed by atoms with van der Waals surface area (Å²) in [6.07, 6.45) is -7.32. The third-order valence-electron chi connectivity index (χ3n) is 3.96. The highest BCUT2D eigenvalue weighted by atomic mass is 19.4. The standard InChI is InChI=1S/C20H11F6NO4/c21-19(22,23)30-13-5-1-11(2-6-13)15-9-27-10-16(17(15)18(28)29)12-3-7-14(8-4-12)31-20(24,25)26/h1-10H,(H,28,29). The number of halogens is 6. The summed E-state index contributed by atoms with van der Waals surface area (Å²) in [6, 6.07) is 9.00. The van der Waals surface area contributed by atoms with E-state index in [0.29, 0.717) is 0 Å².